The molecule has 1 aromatic rings. The molecule has 0 aliphatic carbocycles. The molecule has 2 N–H and O–H groups in total. The normalized spacial score (nSPS) is 17.0. The molecule has 1 fully saturated rings. The lowest BCUT2D eigenvalue weighted by molar-refractivity contribution is 0.0757. The second-order valence-electron chi connectivity index (χ2n) is 4.87. The van der Waals surface area contributed by atoms with Crippen LogP contribution in [0, 0.1) is 0 Å². The number of phenols is 1. The van der Waals surface area contributed by atoms with E-state index in [9.17, 15) is 9.90 Å². The Balaban J connectivity index is 2.07. The highest BCUT2D eigenvalue weighted by atomic mass is 35.5. The van der Waals surface area contributed by atoms with E-state index in [0.29, 0.717) is 24.7 Å². The smallest absolute Gasteiger partial charge is 0.257 e. The van der Waals surface area contributed by atoms with Gasteiger partial charge >= 0.3 is 0 Å². The number of rotatable bonds is 3. The van der Waals surface area contributed by atoms with E-state index in [1.807, 2.05) is 0 Å². The molecule has 0 aromatic heterocycles. The van der Waals surface area contributed by atoms with Crippen molar-refractivity contribution in [3.8, 4) is 5.75 Å². The van der Waals surface area contributed by atoms with E-state index in [1.54, 1.807) is 11.0 Å². The minimum atomic E-state index is -0.198. The summed E-state index contributed by atoms with van der Waals surface area (Å²) in [4.78, 5) is 16.3. The molecule has 1 aliphatic heterocycles. The highest BCUT2D eigenvalue weighted by molar-refractivity contribution is 6.31. The van der Waals surface area contributed by atoms with Crippen LogP contribution in [0.25, 0.3) is 0 Å². The Morgan fingerprint density at radius 2 is 2.05 bits per heavy atom. The van der Waals surface area contributed by atoms with E-state index in [4.69, 9.17) is 16.7 Å². The first-order chi connectivity index (χ1) is 9.61. The highest BCUT2D eigenvalue weighted by Gasteiger charge is 2.22. The first-order valence-corrected chi connectivity index (χ1v) is 7.10. The number of halogens is 1. The van der Waals surface area contributed by atoms with Crippen LogP contribution in [-0.4, -0.2) is 65.3 Å². The molecule has 0 saturated carbocycles. The number of hydrogen-bond acceptors (Lipinski definition) is 4. The van der Waals surface area contributed by atoms with Crippen LogP contribution in [0.4, 0.5) is 0 Å². The van der Waals surface area contributed by atoms with E-state index in [-0.39, 0.29) is 23.8 Å². The van der Waals surface area contributed by atoms with Crippen molar-refractivity contribution in [2.75, 3.05) is 39.3 Å². The number of carbonyl (C=O) groups excluding carboxylic acids is 1. The van der Waals surface area contributed by atoms with Crippen molar-refractivity contribution < 1.29 is 15.0 Å². The molecule has 1 heterocycles. The van der Waals surface area contributed by atoms with Crippen molar-refractivity contribution in [2.45, 2.75) is 6.42 Å². The highest BCUT2D eigenvalue weighted by Crippen LogP contribution is 2.23. The van der Waals surface area contributed by atoms with Crippen molar-refractivity contribution in [3.63, 3.8) is 0 Å². The third-order valence-corrected chi connectivity index (χ3v) is 3.72. The van der Waals surface area contributed by atoms with Crippen molar-refractivity contribution in [1.82, 2.24) is 9.80 Å². The summed E-state index contributed by atoms with van der Waals surface area (Å²) in [5.74, 6) is -0.244. The summed E-state index contributed by atoms with van der Waals surface area (Å²) >= 11 is 5.88. The number of benzene rings is 1. The van der Waals surface area contributed by atoms with Gasteiger partial charge in [0.05, 0.1) is 12.2 Å². The van der Waals surface area contributed by atoms with Gasteiger partial charge in [-0.15, -0.1) is 0 Å². The van der Waals surface area contributed by atoms with Crippen LogP contribution in [0.3, 0.4) is 0 Å². The van der Waals surface area contributed by atoms with Gasteiger partial charge < -0.3 is 15.1 Å². The Kier molecular flexibility index (Phi) is 5.23. The Bertz CT molecular complexity index is 481. The molecule has 1 aromatic carbocycles. The summed E-state index contributed by atoms with van der Waals surface area (Å²) < 4.78 is 0. The van der Waals surface area contributed by atoms with Gasteiger partial charge in [0.1, 0.15) is 5.75 Å². The van der Waals surface area contributed by atoms with Gasteiger partial charge in [-0.25, -0.2) is 0 Å². The third-order valence-electron chi connectivity index (χ3n) is 3.48. The zero-order valence-electron chi connectivity index (χ0n) is 11.3. The van der Waals surface area contributed by atoms with Crippen LogP contribution in [0.15, 0.2) is 18.2 Å². The second kappa shape index (κ2) is 6.92. The maximum atomic E-state index is 12.4. The number of nitrogens with zero attached hydrogens (tertiary/aromatic N) is 2. The van der Waals surface area contributed by atoms with E-state index >= 15 is 0 Å². The van der Waals surface area contributed by atoms with E-state index in [0.717, 1.165) is 19.5 Å². The third kappa shape index (κ3) is 3.62. The van der Waals surface area contributed by atoms with Crippen LogP contribution in [0.5, 0.6) is 5.75 Å². The molecule has 0 radical (unpaired) electrons. The van der Waals surface area contributed by atoms with E-state index < -0.39 is 0 Å². The number of β-amino-alcohol motifs (C(OH)–C–C–N with tert-alkyl or cyclic N) is 1. The molecule has 2 rings (SSSR count). The standard InChI is InChI=1S/C14H19ClN2O3/c15-11-2-3-13(19)12(10-11)14(20)17-5-1-4-16(6-7-17)8-9-18/h2-3,10,18-19H,1,4-9H2. The maximum Gasteiger partial charge on any atom is 0.257 e. The monoisotopic (exact) mass is 298 g/mol. The molecule has 6 heteroatoms. The van der Waals surface area contributed by atoms with Crippen molar-refractivity contribution in [2.24, 2.45) is 0 Å². The van der Waals surface area contributed by atoms with Crippen molar-refractivity contribution in [1.29, 1.82) is 0 Å². The predicted octanol–water partition coefficient (Wildman–Crippen LogP) is 1.19. The number of hydrogen-bond donors (Lipinski definition) is 2. The van der Waals surface area contributed by atoms with Gasteiger partial charge in [0.15, 0.2) is 0 Å². The first-order valence-electron chi connectivity index (χ1n) is 6.73. The molecule has 1 amide bonds. The number of aromatic hydroxyl groups is 1. The molecule has 0 unspecified atom stereocenters. The van der Waals surface area contributed by atoms with Gasteiger partial charge in [-0.05, 0) is 31.2 Å². The Morgan fingerprint density at radius 1 is 1.25 bits per heavy atom. The lowest BCUT2D eigenvalue weighted by Gasteiger charge is -2.22. The molecule has 110 valence electrons. The number of phenolic OH excluding ortho intramolecular Hbond substituents is 1. The average molecular weight is 299 g/mol. The number of aliphatic hydroxyl groups is 1. The average Bonchev–Trinajstić information content (AvgIpc) is 2.67. The minimum absolute atomic E-state index is 0.0455. The molecule has 1 saturated heterocycles. The number of carbonyl (C=O) groups is 1. The molecule has 0 bridgehead atoms. The summed E-state index contributed by atoms with van der Waals surface area (Å²) in [5.41, 5.74) is 0.244. The lowest BCUT2D eigenvalue weighted by atomic mass is 10.1. The van der Waals surface area contributed by atoms with Crippen LogP contribution in [0.1, 0.15) is 16.8 Å². The number of amides is 1. The lowest BCUT2D eigenvalue weighted by Crippen LogP contribution is -2.35. The molecule has 20 heavy (non-hydrogen) atoms. The van der Waals surface area contributed by atoms with Gasteiger partial charge in [-0.1, -0.05) is 11.6 Å². The predicted molar refractivity (Wildman–Crippen MR) is 77.2 cm³/mol. The zero-order valence-corrected chi connectivity index (χ0v) is 12.0. The summed E-state index contributed by atoms with van der Waals surface area (Å²) in [6, 6.07) is 4.49. The summed E-state index contributed by atoms with van der Waals surface area (Å²) in [6.45, 7) is 3.59. The fourth-order valence-corrected chi connectivity index (χ4v) is 2.56. The minimum Gasteiger partial charge on any atom is -0.507 e. The largest absolute Gasteiger partial charge is 0.507 e. The molecular weight excluding hydrogens is 280 g/mol. The topological polar surface area (TPSA) is 64.0 Å². The SMILES string of the molecule is O=C(c1cc(Cl)ccc1O)N1CCCN(CCO)CC1. The zero-order chi connectivity index (χ0) is 14.5. The van der Waals surface area contributed by atoms with Crippen molar-refractivity contribution in [3.05, 3.63) is 28.8 Å². The molecule has 0 spiro atoms. The van der Waals surface area contributed by atoms with E-state index in [1.165, 1.54) is 12.1 Å². The van der Waals surface area contributed by atoms with Gasteiger partial charge in [0.2, 0.25) is 0 Å². The van der Waals surface area contributed by atoms with Crippen LogP contribution >= 0.6 is 11.6 Å². The summed E-state index contributed by atoms with van der Waals surface area (Å²) in [5, 5.41) is 19.2. The summed E-state index contributed by atoms with van der Waals surface area (Å²) in [6.07, 6.45) is 0.854. The Hall–Kier alpha value is -1.30. The van der Waals surface area contributed by atoms with Gasteiger partial charge in [0, 0.05) is 31.2 Å². The summed E-state index contributed by atoms with van der Waals surface area (Å²) in [7, 11) is 0. The van der Waals surface area contributed by atoms with Gasteiger partial charge in [0.25, 0.3) is 5.91 Å². The molecule has 1 aliphatic rings. The maximum absolute atomic E-state index is 12.4. The second-order valence-corrected chi connectivity index (χ2v) is 5.31. The molecule has 0 atom stereocenters. The van der Waals surface area contributed by atoms with Crippen molar-refractivity contribution >= 4 is 17.5 Å². The van der Waals surface area contributed by atoms with Crippen LogP contribution in [-0.2, 0) is 0 Å². The fourth-order valence-electron chi connectivity index (χ4n) is 2.39. The number of aliphatic hydroxyl groups excluding tert-OH is 1. The molecule has 5 nitrogen and oxygen atoms in total. The molecular formula is C14H19ClN2O3. The van der Waals surface area contributed by atoms with Gasteiger partial charge in [-0.2, -0.15) is 0 Å². The Labute approximate surface area is 123 Å². The van der Waals surface area contributed by atoms with Crippen LogP contribution < -0.4 is 0 Å². The first kappa shape index (κ1) is 15.1. The fraction of sp³-hybridized carbons (Fsp3) is 0.500. The van der Waals surface area contributed by atoms with E-state index in [2.05, 4.69) is 4.90 Å². The van der Waals surface area contributed by atoms with Crippen LogP contribution in [0.2, 0.25) is 5.02 Å². The quantitative estimate of drug-likeness (QED) is 0.880. The Morgan fingerprint density at radius 3 is 2.80 bits per heavy atom. The van der Waals surface area contributed by atoms with Gasteiger partial charge in [-0.3, -0.25) is 9.69 Å².